The van der Waals surface area contributed by atoms with Crippen molar-refractivity contribution in [3.05, 3.63) is 0 Å². The molecule has 0 spiro atoms. The van der Waals surface area contributed by atoms with Gasteiger partial charge in [0.15, 0.2) is 5.96 Å². The lowest BCUT2D eigenvalue weighted by molar-refractivity contribution is 0.108. The van der Waals surface area contributed by atoms with E-state index >= 15 is 0 Å². The average Bonchev–Trinajstić information content (AvgIpc) is 2.93. The molecule has 0 aromatic heterocycles. The van der Waals surface area contributed by atoms with Crippen molar-refractivity contribution in [2.45, 2.75) is 40.0 Å². The summed E-state index contributed by atoms with van der Waals surface area (Å²) >= 11 is 0. The van der Waals surface area contributed by atoms with Gasteiger partial charge in [-0.15, -0.1) is 0 Å². The van der Waals surface area contributed by atoms with Crippen LogP contribution in [0.4, 0.5) is 0 Å². The predicted octanol–water partition coefficient (Wildman–Crippen LogP) is 1.95. The first-order valence-electron chi connectivity index (χ1n) is 8.90. The topological polar surface area (TPSA) is 48.9 Å². The van der Waals surface area contributed by atoms with Gasteiger partial charge in [-0.25, -0.2) is 0 Å². The Labute approximate surface area is 136 Å². The van der Waals surface area contributed by atoms with Gasteiger partial charge in [-0.2, -0.15) is 0 Å². The Morgan fingerprint density at radius 3 is 2.86 bits per heavy atom. The van der Waals surface area contributed by atoms with Crippen LogP contribution in [-0.4, -0.2) is 63.8 Å². The maximum absolute atomic E-state index is 5.58. The second-order valence-corrected chi connectivity index (χ2v) is 6.66. The van der Waals surface area contributed by atoms with Gasteiger partial charge in [0.2, 0.25) is 0 Å². The summed E-state index contributed by atoms with van der Waals surface area (Å²) in [6, 6.07) is 0. The number of likely N-dealkylation sites (tertiary alicyclic amines) is 1. The summed E-state index contributed by atoms with van der Waals surface area (Å²) in [7, 11) is 1.84. The molecule has 2 N–H and O–H groups in total. The van der Waals surface area contributed by atoms with Crippen LogP contribution in [0.5, 0.6) is 0 Å². The Morgan fingerprint density at radius 1 is 1.36 bits per heavy atom. The Balaban J connectivity index is 2.05. The van der Waals surface area contributed by atoms with Gasteiger partial charge in [-0.1, -0.05) is 20.8 Å². The van der Waals surface area contributed by atoms with Gasteiger partial charge in [0.25, 0.3) is 0 Å². The molecule has 1 atom stereocenters. The summed E-state index contributed by atoms with van der Waals surface area (Å²) < 4.78 is 5.58. The van der Waals surface area contributed by atoms with E-state index in [9.17, 15) is 0 Å². The largest absolute Gasteiger partial charge is 0.381 e. The molecule has 1 fully saturated rings. The zero-order chi connectivity index (χ0) is 16.2. The molecule has 0 aliphatic carbocycles. The molecule has 1 saturated heterocycles. The van der Waals surface area contributed by atoms with Crippen LogP contribution in [0, 0.1) is 11.8 Å². The van der Waals surface area contributed by atoms with Gasteiger partial charge in [0, 0.05) is 39.9 Å². The molecule has 0 saturated carbocycles. The maximum Gasteiger partial charge on any atom is 0.190 e. The summed E-state index contributed by atoms with van der Waals surface area (Å²) in [5, 5.41) is 6.82. The third-order valence-corrected chi connectivity index (χ3v) is 3.90. The number of hydrogen-bond donors (Lipinski definition) is 2. The van der Waals surface area contributed by atoms with Crippen LogP contribution >= 0.6 is 0 Å². The third-order valence-electron chi connectivity index (χ3n) is 3.90. The van der Waals surface area contributed by atoms with Gasteiger partial charge in [0.1, 0.15) is 0 Å². The number of aliphatic imine (C=N–C) groups is 1. The molecule has 5 nitrogen and oxygen atoms in total. The molecule has 1 aliphatic rings. The Kier molecular flexibility index (Phi) is 10.2. The smallest absolute Gasteiger partial charge is 0.190 e. The quantitative estimate of drug-likeness (QED) is 0.368. The molecule has 0 amide bonds. The van der Waals surface area contributed by atoms with E-state index in [1.807, 2.05) is 7.05 Å². The zero-order valence-electron chi connectivity index (χ0n) is 15.0. The zero-order valence-corrected chi connectivity index (χ0v) is 15.0. The number of nitrogens with zero attached hydrogens (tertiary/aromatic N) is 2. The predicted molar refractivity (Wildman–Crippen MR) is 94.5 cm³/mol. The fourth-order valence-electron chi connectivity index (χ4n) is 2.76. The highest BCUT2D eigenvalue weighted by atomic mass is 16.5. The van der Waals surface area contributed by atoms with Gasteiger partial charge >= 0.3 is 0 Å². The van der Waals surface area contributed by atoms with Gasteiger partial charge < -0.3 is 20.3 Å². The lowest BCUT2D eigenvalue weighted by atomic mass is 10.1. The van der Waals surface area contributed by atoms with Crippen molar-refractivity contribution in [2.75, 3.05) is 53.0 Å². The van der Waals surface area contributed by atoms with E-state index in [4.69, 9.17) is 4.74 Å². The molecule has 1 aliphatic heterocycles. The number of guanidine groups is 1. The normalized spacial score (nSPS) is 19.9. The Morgan fingerprint density at radius 2 is 2.18 bits per heavy atom. The third kappa shape index (κ3) is 8.59. The molecular weight excluding hydrogens is 276 g/mol. The average molecular weight is 313 g/mol. The SMILES string of the molecule is CCCN1CCC(CNC(=NC)NCCCOCC(C)C)C1. The van der Waals surface area contributed by atoms with Crippen molar-refractivity contribution in [1.29, 1.82) is 0 Å². The van der Waals surface area contributed by atoms with Crippen molar-refractivity contribution in [3.8, 4) is 0 Å². The minimum Gasteiger partial charge on any atom is -0.381 e. The minimum atomic E-state index is 0.612. The van der Waals surface area contributed by atoms with E-state index in [0.717, 1.165) is 44.6 Å². The second kappa shape index (κ2) is 11.7. The van der Waals surface area contributed by atoms with E-state index in [-0.39, 0.29) is 0 Å². The van der Waals surface area contributed by atoms with E-state index in [0.29, 0.717) is 5.92 Å². The van der Waals surface area contributed by atoms with E-state index in [1.54, 1.807) is 0 Å². The monoisotopic (exact) mass is 312 g/mol. The summed E-state index contributed by atoms with van der Waals surface area (Å²) in [6.45, 7) is 13.9. The summed E-state index contributed by atoms with van der Waals surface area (Å²) in [6.07, 6.45) is 3.57. The molecular formula is C17H36N4O. The molecule has 1 heterocycles. The highest BCUT2D eigenvalue weighted by Gasteiger charge is 2.21. The van der Waals surface area contributed by atoms with Crippen LogP contribution in [0.15, 0.2) is 4.99 Å². The molecule has 5 heteroatoms. The van der Waals surface area contributed by atoms with E-state index in [2.05, 4.69) is 41.3 Å². The molecule has 1 unspecified atom stereocenters. The van der Waals surface area contributed by atoms with Crippen LogP contribution < -0.4 is 10.6 Å². The molecule has 0 aromatic carbocycles. The molecule has 22 heavy (non-hydrogen) atoms. The van der Waals surface area contributed by atoms with E-state index < -0.39 is 0 Å². The van der Waals surface area contributed by atoms with Crippen LogP contribution in [0.1, 0.15) is 40.0 Å². The second-order valence-electron chi connectivity index (χ2n) is 6.66. The van der Waals surface area contributed by atoms with Crippen molar-refractivity contribution in [1.82, 2.24) is 15.5 Å². The van der Waals surface area contributed by atoms with Crippen molar-refractivity contribution < 1.29 is 4.74 Å². The van der Waals surface area contributed by atoms with Crippen molar-refractivity contribution in [2.24, 2.45) is 16.8 Å². The first kappa shape index (κ1) is 19.2. The summed E-state index contributed by atoms with van der Waals surface area (Å²) in [5.74, 6) is 2.28. The van der Waals surface area contributed by atoms with Crippen LogP contribution in [0.2, 0.25) is 0 Å². The van der Waals surface area contributed by atoms with Crippen LogP contribution in [0.25, 0.3) is 0 Å². The highest BCUT2D eigenvalue weighted by Crippen LogP contribution is 2.15. The molecule has 130 valence electrons. The lowest BCUT2D eigenvalue weighted by Gasteiger charge is -2.17. The molecule has 1 rings (SSSR count). The molecule has 0 bridgehead atoms. The fourth-order valence-corrected chi connectivity index (χ4v) is 2.76. The maximum atomic E-state index is 5.58. The van der Waals surface area contributed by atoms with Gasteiger partial charge in [-0.05, 0) is 44.2 Å². The highest BCUT2D eigenvalue weighted by molar-refractivity contribution is 5.79. The fraction of sp³-hybridized carbons (Fsp3) is 0.941. The van der Waals surface area contributed by atoms with Crippen molar-refractivity contribution in [3.63, 3.8) is 0 Å². The first-order chi connectivity index (χ1) is 10.7. The number of hydrogen-bond acceptors (Lipinski definition) is 3. The lowest BCUT2D eigenvalue weighted by Crippen LogP contribution is -2.40. The summed E-state index contributed by atoms with van der Waals surface area (Å²) in [4.78, 5) is 6.85. The Bertz CT molecular complexity index is 307. The molecule has 0 radical (unpaired) electrons. The minimum absolute atomic E-state index is 0.612. The number of rotatable bonds is 10. The van der Waals surface area contributed by atoms with Crippen LogP contribution in [-0.2, 0) is 4.74 Å². The number of nitrogens with one attached hydrogen (secondary N) is 2. The standard InChI is InChI=1S/C17H36N4O/c1-5-9-21-10-7-16(13-21)12-20-17(18-4)19-8-6-11-22-14-15(2)3/h15-16H,5-14H2,1-4H3,(H2,18,19,20). The van der Waals surface area contributed by atoms with E-state index in [1.165, 1.54) is 32.5 Å². The van der Waals surface area contributed by atoms with Gasteiger partial charge in [0.05, 0.1) is 0 Å². The Hall–Kier alpha value is -0.810. The molecule has 0 aromatic rings. The number of ether oxygens (including phenoxy) is 1. The van der Waals surface area contributed by atoms with Crippen molar-refractivity contribution >= 4 is 5.96 Å². The van der Waals surface area contributed by atoms with Crippen LogP contribution in [0.3, 0.4) is 0 Å². The van der Waals surface area contributed by atoms with Gasteiger partial charge in [-0.3, -0.25) is 4.99 Å². The summed E-state index contributed by atoms with van der Waals surface area (Å²) in [5.41, 5.74) is 0. The first-order valence-corrected chi connectivity index (χ1v) is 8.90.